The SMILES string of the molecule is COc1ccccc1Sc1ccc(-c2cc[n+]([O-])cc2)cc1C(F)(F)F. The van der Waals surface area contributed by atoms with Gasteiger partial charge >= 0.3 is 6.18 Å². The fourth-order valence-corrected chi connectivity index (χ4v) is 3.50. The number of para-hydroxylation sites is 1. The third-order valence-electron chi connectivity index (χ3n) is 3.71. The zero-order chi connectivity index (χ0) is 18.7. The number of ether oxygens (including phenoxy) is 1. The maximum Gasteiger partial charge on any atom is 0.417 e. The molecule has 1 heterocycles. The Bertz CT molecular complexity index is 911. The van der Waals surface area contributed by atoms with Crippen molar-refractivity contribution in [1.82, 2.24) is 0 Å². The zero-order valence-corrected chi connectivity index (χ0v) is 14.5. The van der Waals surface area contributed by atoms with Crippen molar-refractivity contribution in [2.75, 3.05) is 7.11 Å². The second kappa shape index (κ2) is 7.29. The van der Waals surface area contributed by atoms with Crippen molar-refractivity contribution < 1.29 is 22.6 Å². The minimum atomic E-state index is -4.51. The Hall–Kier alpha value is -2.67. The minimum Gasteiger partial charge on any atom is -0.619 e. The second-order valence-electron chi connectivity index (χ2n) is 5.41. The average molecular weight is 377 g/mol. The summed E-state index contributed by atoms with van der Waals surface area (Å²) in [6.45, 7) is 0. The van der Waals surface area contributed by atoms with Gasteiger partial charge in [-0.05, 0) is 35.4 Å². The van der Waals surface area contributed by atoms with Gasteiger partial charge in [-0.3, -0.25) is 0 Å². The van der Waals surface area contributed by atoms with Crippen LogP contribution < -0.4 is 9.47 Å². The number of pyridine rings is 1. The highest BCUT2D eigenvalue weighted by Gasteiger charge is 2.34. The monoisotopic (exact) mass is 377 g/mol. The Balaban J connectivity index is 2.04. The molecular weight excluding hydrogens is 363 g/mol. The summed E-state index contributed by atoms with van der Waals surface area (Å²) in [5.74, 6) is 0.512. The van der Waals surface area contributed by atoms with E-state index >= 15 is 0 Å². The van der Waals surface area contributed by atoms with Crippen LogP contribution in [0.15, 0.2) is 76.8 Å². The Kier molecular flexibility index (Phi) is 5.08. The van der Waals surface area contributed by atoms with Crippen molar-refractivity contribution in [2.45, 2.75) is 16.0 Å². The molecule has 2 aromatic carbocycles. The molecule has 0 aliphatic heterocycles. The molecule has 134 valence electrons. The summed E-state index contributed by atoms with van der Waals surface area (Å²) in [6.07, 6.45) is -2.01. The Morgan fingerprint density at radius 2 is 1.62 bits per heavy atom. The van der Waals surface area contributed by atoms with Crippen molar-refractivity contribution in [2.24, 2.45) is 0 Å². The van der Waals surface area contributed by atoms with Gasteiger partial charge in [0, 0.05) is 17.0 Å². The molecule has 7 heteroatoms. The van der Waals surface area contributed by atoms with Crippen LogP contribution in [0.3, 0.4) is 0 Å². The van der Waals surface area contributed by atoms with E-state index in [0.717, 1.165) is 17.8 Å². The van der Waals surface area contributed by atoms with Gasteiger partial charge in [0.2, 0.25) is 0 Å². The molecule has 3 aromatic rings. The van der Waals surface area contributed by atoms with Crippen LogP contribution in [0.5, 0.6) is 5.75 Å². The lowest BCUT2D eigenvalue weighted by molar-refractivity contribution is -0.605. The van der Waals surface area contributed by atoms with E-state index in [0.29, 0.717) is 26.5 Å². The molecule has 26 heavy (non-hydrogen) atoms. The quantitative estimate of drug-likeness (QED) is 0.465. The summed E-state index contributed by atoms with van der Waals surface area (Å²) < 4.78 is 46.6. The van der Waals surface area contributed by atoms with Gasteiger partial charge in [-0.1, -0.05) is 30.0 Å². The molecule has 0 spiro atoms. The van der Waals surface area contributed by atoms with Crippen molar-refractivity contribution >= 4 is 11.8 Å². The van der Waals surface area contributed by atoms with Gasteiger partial charge in [0.25, 0.3) is 0 Å². The number of hydrogen-bond donors (Lipinski definition) is 0. The fraction of sp³-hybridized carbons (Fsp3) is 0.105. The van der Waals surface area contributed by atoms with Crippen molar-refractivity contribution in [3.8, 4) is 16.9 Å². The molecule has 0 aliphatic carbocycles. The topological polar surface area (TPSA) is 36.2 Å². The van der Waals surface area contributed by atoms with E-state index in [2.05, 4.69) is 0 Å². The number of hydrogen-bond acceptors (Lipinski definition) is 3. The highest BCUT2D eigenvalue weighted by atomic mass is 32.2. The Labute approximate surface area is 152 Å². The molecular formula is C19H14F3NO2S. The number of benzene rings is 2. The first kappa shape index (κ1) is 18.1. The summed E-state index contributed by atoms with van der Waals surface area (Å²) in [7, 11) is 1.48. The third-order valence-corrected chi connectivity index (χ3v) is 4.84. The Morgan fingerprint density at radius 1 is 0.923 bits per heavy atom. The summed E-state index contributed by atoms with van der Waals surface area (Å²) >= 11 is 1.000. The number of alkyl halides is 3. The smallest absolute Gasteiger partial charge is 0.417 e. The van der Waals surface area contributed by atoms with E-state index in [-0.39, 0.29) is 4.90 Å². The first-order valence-corrected chi connectivity index (χ1v) is 8.41. The molecule has 0 fully saturated rings. The van der Waals surface area contributed by atoms with E-state index in [9.17, 15) is 18.4 Å². The van der Waals surface area contributed by atoms with Crippen LogP contribution in [0, 0.1) is 5.21 Å². The number of rotatable bonds is 4. The normalized spacial score (nSPS) is 11.4. The third kappa shape index (κ3) is 3.94. The van der Waals surface area contributed by atoms with Crippen LogP contribution in [0.4, 0.5) is 13.2 Å². The fourth-order valence-electron chi connectivity index (χ4n) is 2.45. The van der Waals surface area contributed by atoms with Crippen LogP contribution in [0.2, 0.25) is 0 Å². The molecule has 3 nitrogen and oxygen atoms in total. The van der Waals surface area contributed by atoms with E-state index in [1.54, 1.807) is 30.3 Å². The second-order valence-corrected chi connectivity index (χ2v) is 6.49. The summed E-state index contributed by atoms with van der Waals surface area (Å²) in [5.41, 5.74) is 0.198. The number of nitrogens with zero attached hydrogens (tertiary/aromatic N) is 1. The van der Waals surface area contributed by atoms with Crippen molar-refractivity contribution in [3.05, 3.63) is 77.8 Å². The van der Waals surface area contributed by atoms with Crippen molar-refractivity contribution in [1.29, 1.82) is 0 Å². The summed E-state index contributed by atoms with van der Waals surface area (Å²) in [5, 5.41) is 11.1. The summed E-state index contributed by atoms with van der Waals surface area (Å²) in [4.78, 5) is 0.681. The van der Waals surface area contributed by atoms with Crippen LogP contribution in [0.25, 0.3) is 11.1 Å². The van der Waals surface area contributed by atoms with Crippen molar-refractivity contribution in [3.63, 3.8) is 0 Å². The lowest BCUT2D eigenvalue weighted by atomic mass is 10.0. The van der Waals surface area contributed by atoms with Gasteiger partial charge in [-0.25, -0.2) is 0 Å². The maximum absolute atomic E-state index is 13.6. The largest absolute Gasteiger partial charge is 0.619 e. The van der Waals surface area contributed by atoms with Crippen LogP contribution in [-0.2, 0) is 6.18 Å². The average Bonchev–Trinajstić information content (AvgIpc) is 2.62. The molecule has 3 rings (SSSR count). The lowest BCUT2D eigenvalue weighted by Crippen LogP contribution is -2.23. The minimum absolute atomic E-state index is 0.0839. The number of halogens is 3. The predicted octanol–water partition coefficient (Wildman–Crippen LogP) is 5.17. The predicted molar refractivity (Wildman–Crippen MR) is 93.0 cm³/mol. The highest BCUT2D eigenvalue weighted by Crippen LogP contribution is 2.43. The molecule has 1 aromatic heterocycles. The van der Waals surface area contributed by atoms with Gasteiger partial charge < -0.3 is 9.94 Å². The van der Waals surface area contributed by atoms with Gasteiger partial charge in [0.15, 0.2) is 12.4 Å². The first-order chi connectivity index (χ1) is 12.4. The van der Waals surface area contributed by atoms with E-state index < -0.39 is 11.7 Å². The lowest BCUT2D eigenvalue weighted by Gasteiger charge is -2.15. The molecule has 0 atom stereocenters. The molecule has 0 saturated heterocycles. The molecule has 0 saturated carbocycles. The molecule has 0 aliphatic rings. The molecule has 0 unspecified atom stereocenters. The van der Waals surface area contributed by atoms with Gasteiger partial charge in [0.05, 0.1) is 17.6 Å². The van der Waals surface area contributed by atoms with Gasteiger partial charge in [-0.15, -0.1) is 0 Å². The van der Waals surface area contributed by atoms with Crippen LogP contribution in [0.1, 0.15) is 5.56 Å². The summed E-state index contributed by atoms with van der Waals surface area (Å²) in [6, 6.07) is 14.0. The Morgan fingerprint density at radius 3 is 2.27 bits per heavy atom. The molecule has 0 bridgehead atoms. The first-order valence-electron chi connectivity index (χ1n) is 7.60. The van der Waals surface area contributed by atoms with Crippen LogP contribution >= 0.6 is 11.8 Å². The maximum atomic E-state index is 13.6. The molecule has 0 radical (unpaired) electrons. The van der Waals surface area contributed by atoms with Gasteiger partial charge in [-0.2, -0.15) is 17.9 Å². The van der Waals surface area contributed by atoms with Crippen LogP contribution in [-0.4, -0.2) is 7.11 Å². The molecule has 0 amide bonds. The van der Waals surface area contributed by atoms with E-state index in [4.69, 9.17) is 4.74 Å². The van der Waals surface area contributed by atoms with Gasteiger partial charge in [0.1, 0.15) is 5.75 Å². The number of methoxy groups -OCH3 is 1. The molecule has 0 N–H and O–H groups in total. The zero-order valence-electron chi connectivity index (χ0n) is 13.7. The van der Waals surface area contributed by atoms with E-state index in [1.165, 1.54) is 37.7 Å². The highest BCUT2D eigenvalue weighted by molar-refractivity contribution is 7.99. The van der Waals surface area contributed by atoms with E-state index in [1.807, 2.05) is 0 Å². The standard InChI is InChI=1S/C19H14F3NO2S/c1-25-16-4-2-3-5-18(16)26-17-7-6-14(12-15(17)19(20,21)22)13-8-10-23(24)11-9-13/h2-12H,1H3. The number of aromatic nitrogens is 1.